The molecule has 0 atom stereocenters. The Bertz CT molecular complexity index is 5020. The van der Waals surface area contributed by atoms with E-state index < -0.39 is 0 Å². The topological polar surface area (TPSA) is 24.6 Å². The van der Waals surface area contributed by atoms with Crippen LogP contribution >= 0.6 is 11.3 Å². The van der Waals surface area contributed by atoms with Crippen LogP contribution in [0.1, 0.15) is 0 Å². The van der Waals surface area contributed by atoms with Gasteiger partial charge in [0.05, 0.1) is 11.0 Å². The minimum Gasteiger partial charge on any atom is -0.456 e. The smallest absolute Gasteiger partial charge is 0.135 e. The molecule has 0 fully saturated rings. The summed E-state index contributed by atoms with van der Waals surface area (Å²) < 4.78 is 11.5. The molecule has 0 saturated carbocycles. The molecule has 5 heteroatoms. The fourth-order valence-electron chi connectivity index (χ4n) is 12.1. The molecule has 0 aliphatic carbocycles. The van der Waals surface area contributed by atoms with Crippen LogP contribution in [0.25, 0.3) is 113 Å². The minimum absolute atomic E-state index is 0.861. The van der Waals surface area contributed by atoms with Crippen LogP contribution in [0.15, 0.2) is 290 Å². The van der Waals surface area contributed by atoms with Crippen molar-refractivity contribution in [2.24, 2.45) is 0 Å². The van der Waals surface area contributed by atoms with Gasteiger partial charge < -0.3 is 18.8 Å². The molecular weight excluding hydrogens is 979 g/mol. The Hall–Kier alpha value is -10.2. The summed E-state index contributed by atoms with van der Waals surface area (Å²) in [5.41, 5.74) is 16.0. The fraction of sp³-hybridized carbons (Fsp3) is 0. The van der Waals surface area contributed by atoms with Crippen LogP contribution in [0, 0.1) is 0 Å². The lowest BCUT2D eigenvalue weighted by atomic mass is 9.99. The van der Waals surface area contributed by atoms with E-state index in [4.69, 9.17) is 4.42 Å². The summed E-state index contributed by atoms with van der Waals surface area (Å²) in [5, 5.41) is 12.1. The maximum absolute atomic E-state index is 6.41. The Morgan fingerprint density at radius 1 is 0.278 bits per heavy atom. The van der Waals surface area contributed by atoms with Gasteiger partial charge in [-0.3, -0.25) is 0 Å². The second kappa shape index (κ2) is 18.2. The Morgan fingerprint density at radius 2 is 0.873 bits per heavy atom. The first-order valence-electron chi connectivity index (χ1n) is 26.9. The molecule has 0 amide bonds. The lowest BCUT2D eigenvalue weighted by molar-refractivity contribution is 0.669. The molecule has 4 nitrogen and oxygen atoms in total. The number of furan rings is 1. The van der Waals surface area contributed by atoms with E-state index in [0.717, 1.165) is 78.4 Å². The average Bonchev–Trinajstić information content (AvgIpc) is 4.40. The minimum atomic E-state index is 0.861. The molecule has 3 aromatic heterocycles. The SMILES string of the molecule is c1ccc(-c2ccc(-n3c4ccc(-c5cc(N(c6ccccc6)c6ccc7ccccc7c6)cc(N(c6ccccc6)c6ccc7oc8ccccc8c7c6)c5)cc4c4cc5c(ccc6c7ccccc7sc56)cc43)cc2)cc1. The Labute approximate surface area is 460 Å². The van der Waals surface area contributed by atoms with Gasteiger partial charge >= 0.3 is 0 Å². The summed E-state index contributed by atoms with van der Waals surface area (Å²) in [5.74, 6) is 0. The lowest BCUT2D eigenvalue weighted by Crippen LogP contribution is -2.13. The van der Waals surface area contributed by atoms with Crippen molar-refractivity contribution in [2.75, 3.05) is 9.80 Å². The molecule has 0 radical (unpaired) electrons. The Morgan fingerprint density at radius 3 is 1.65 bits per heavy atom. The van der Waals surface area contributed by atoms with Crippen LogP contribution in [0.2, 0.25) is 0 Å². The van der Waals surface area contributed by atoms with Crippen molar-refractivity contribution in [3.63, 3.8) is 0 Å². The molecule has 79 heavy (non-hydrogen) atoms. The lowest BCUT2D eigenvalue weighted by Gasteiger charge is -2.30. The van der Waals surface area contributed by atoms with Gasteiger partial charge in [0.25, 0.3) is 0 Å². The van der Waals surface area contributed by atoms with Gasteiger partial charge in [-0.2, -0.15) is 0 Å². The highest BCUT2D eigenvalue weighted by Gasteiger charge is 2.23. The van der Waals surface area contributed by atoms with Gasteiger partial charge in [0.15, 0.2) is 0 Å². The summed E-state index contributed by atoms with van der Waals surface area (Å²) in [6.45, 7) is 0. The number of rotatable bonds is 9. The van der Waals surface area contributed by atoms with Crippen molar-refractivity contribution in [3.05, 3.63) is 285 Å². The van der Waals surface area contributed by atoms with E-state index in [1.807, 2.05) is 23.5 Å². The molecule has 0 spiro atoms. The molecule has 16 rings (SSSR count). The number of nitrogens with zero attached hydrogens (tertiary/aromatic N) is 3. The maximum atomic E-state index is 6.41. The van der Waals surface area contributed by atoms with Crippen molar-refractivity contribution in [1.82, 2.24) is 4.57 Å². The predicted molar refractivity (Wildman–Crippen MR) is 336 cm³/mol. The van der Waals surface area contributed by atoms with Crippen molar-refractivity contribution < 1.29 is 4.42 Å². The van der Waals surface area contributed by atoms with E-state index in [1.54, 1.807) is 0 Å². The number of thiophene rings is 1. The van der Waals surface area contributed by atoms with Gasteiger partial charge in [0, 0.05) is 86.9 Å². The van der Waals surface area contributed by atoms with Crippen molar-refractivity contribution in [1.29, 1.82) is 0 Å². The summed E-state index contributed by atoms with van der Waals surface area (Å²) >= 11 is 1.89. The first-order valence-corrected chi connectivity index (χ1v) is 27.7. The molecule has 0 N–H and O–H groups in total. The number of para-hydroxylation sites is 3. The largest absolute Gasteiger partial charge is 0.456 e. The number of aromatic nitrogens is 1. The highest BCUT2D eigenvalue weighted by Crippen LogP contribution is 2.47. The van der Waals surface area contributed by atoms with Gasteiger partial charge in [0.2, 0.25) is 0 Å². The first-order chi connectivity index (χ1) is 39.1. The van der Waals surface area contributed by atoms with Gasteiger partial charge in [-0.1, -0.05) is 164 Å². The fourth-order valence-corrected chi connectivity index (χ4v) is 13.4. The van der Waals surface area contributed by atoms with Gasteiger partial charge in [-0.25, -0.2) is 0 Å². The van der Waals surface area contributed by atoms with Crippen LogP contribution in [-0.4, -0.2) is 4.57 Å². The predicted octanol–water partition coefficient (Wildman–Crippen LogP) is 21.6. The summed E-state index contributed by atoms with van der Waals surface area (Å²) in [6, 6.07) is 104. The van der Waals surface area contributed by atoms with Crippen LogP contribution in [-0.2, 0) is 0 Å². The molecule has 0 aliphatic heterocycles. The quantitative estimate of drug-likeness (QED) is 0.144. The van der Waals surface area contributed by atoms with Crippen LogP contribution < -0.4 is 9.80 Å². The standard InChI is InChI=1S/C74H47N3OS/c1-4-16-48(17-5-1)50-28-33-57(34-29-50)77-69-38-32-52(43-66(69)67-47-65-53(44-70(67)77)31-37-64-63-25-13-15-27-73(63)79-74(64)65)54-41-60(75(55-20-6-2-7-21-55)58-35-30-49-18-10-11-19-51(49)40-58)45-61(42-54)76(56-22-8-3-9-23-56)59-36-39-72-68(46-59)62-24-12-14-26-71(62)78-72/h1-47H. The normalized spacial score (nSPS) is 11.8. The summed E-state index contributed by atoms with van der Waals surface area (Å²) in [7, 11) is 0. The van der Waals surface area contributed by atoms with E-state index >= 15 is 0 Å². The van der Waals surface area contributed by atoms with Crippen molar-refractivity contribution >= 4 is 131 Å². The van der Waals surface area contributed by atoms with Crippen LogP contribution in [0.3, 0.4) is 0 Å². The number of hydrogen-bond acceptors (Lipinski definition) is 4. The van der Waals surface area contributed by atoms with E-state index in [-0.39, 0.29) is 0 Å². The third-order valence-corrected chi connectivity index (χ3v) is 17.1. The summed E-state index contributed by atoms with van der Waals surface area (Å²) in [4.78, 5) is 4.80. The van der Waals surface area contributed by atoms with Crippen LogP contribution in [0.5, 0.6) is 0 Å². The maximum Gasteiger partial charge on any atom is 0.135 e. The van der Waals surface area contributed by atoms with Gasteiger partial charge in [-0.05, 0) is 160 Å². The van der Waals surface area contributed by atoms with Crippen molar-refractivity contribution in [3.8, 4) is 27.9 Å². The zero-order valence-electron chi connectivity index (χ0n) is 42.8. The third kappa shape index (κ3) is 7.58. The molecule has 0 bridgehead atoms. The number of fused-ring (bicyclic) bond motifs is 12. The highest BCUT2D eigenvalue weighted by molar-refractivity contribution is 7.26. The second-order valence-electron chi connectivity index (χ2n) is 20.5. The second-order valence-corrected chi connectivity index (χ2v) is 21.6. The monoisotopic (exact) mass is 1030 g/mol. The van der Waals surface area contributed by atoms with Crippen molar-refractivity contribution in [2.45, 2.75) is 0 Å². The number of hydrogen-bond donors (Lipinski definition) is 0. The molecule has 3 heterocycles. The van der Waals surface area contributed by atoms with Gasteiger partial charge in [-0.15, -0.1) is 11.3 Å². The molecule has 370 valence electrons. The van der Waals surface area contributed by atoms with E-state index in [0.29, 0.717) is 0 Å². The van der Waals surface area contributed by atoms with E-state index in [9.17, 15) is 0 Å². The molecule has 16 aromatic rings. The Kier molecular flexibility index (Phi) is 10.4. The number of anilines is 6. The summed E-state index contributed by atoms with van der Waals surface area (Å²) in [6.07, 6.45) is 0. The Balaban J connectivity index is 0.959. The highest BCUT2D eigenvalue weighted by atomic mass is 32.1. The molecule has 0 saturated heterocycles. The number of benzene rings is 13. The zero-order chi connectivity index (χ0) is 52.0. The molecule has 0 unspecified atom stereocenters. The first kappa shape index (κ1) is 45.0. The molecule has 0 aliphatic rings. The zero-order valence-corrected chi connectivity index (χ0v) is 43.6. The third-order valence-electron chi connectivity index (χ3n) is 15.9. The molecule has 13 aromatic carbocycles. The van der Waals surface area contributed by atoms with E-state index in [2.05, 4.69) is 287 Å². The van der Waals surface area contributed by atoms with Gasteiger partial charge in [0.1, 0.15) is 11.2 Å². The average molecular weight is 1030 g/mol. The molecular formula is C74H47N3OS. The van der Waals surface area contributed by atoms with Crippen LogP contribution in [0.4, 0.5) is 34.1 Å². The van der Waals surface area contributed by atoms with E-state index in [1.165, 1.54) is 69.1 Å².